The molecule has 0 radical (unpaired) electrons. The first-order valence-electron chi connectivity index (χ1n) is 6.76. The van der Waals surface area contributed by atoms with Crippen molar-refractivity contribution >= 4 is 5.91 Å². The maximum absolute atomic E-state index is 12.1. The van der Waals surface area contributed by atoms with Gasteiger partial charge in [0.15, 0.2) is 0 Å². The van der Waals surface area contributed by atoms with E-state index in [1.54, 1.807) is 0 Å². The Hall–Kier alpha value is -0.610. The lowest BCUT2D eigenvalue weighted by molar-refractivity contribution is -0.135. The molecule has 0 aromatic heterocycles. The number of carbonyl (C=O) groups excluding carboxylic acids is 1. The Morgan fingerprint density at radius 3 is 2.65 bits per heavy atom. The highest BCUT2D eigenvalue weighted by atomic mass is 16.3. The molecule has 1 aliphatic heterocycles. The van der Waals surface area contributed by atoms with Gasteiger partial charge >= 0.3 is 0 Å². The van der Waals surface area contributed by atoms with Crippen LogP contribution in [0.2, 0.25) is 0 Å². The van der Waals surface area contributed by atoms with Gasteiger partial charge in [0.25, 0.3) is 0 Å². The summed E-state index contributed by atoms with van der Waals surface area (Å²) < 4.78 is 0. The molecular formula is C13H26N2O2. The van der Waals surface area contributed by atoms with E-state index in [2.05, 4.69) is 18.7 Å². The molecule has 0 bridgehead atoms. The summed E-state index contributed by atoms with van der Waals surface area (Å²) in [5.74, 6) is 0.462. The fourth-order valence-corrected chi connectivity index (χ4v) is 2.37. The van der Waals surface area contributed by atoms with Crippen LogP contribution in [-0.4, -0.2) is 59.6 Å². The van der Waals surface area contributed by atoms with Gasteiger partial charge in [-0.15, -0.1) is 0 Å². The molecule has 0 aliphatic carbocycles. The van der Waals surface area contributed by atoms with E-state index in [0.717, 1.165) is 39.0 Å². The molecule has 0 aromatic carbocycles. The van der Waals surface area contributed by atoms with Gasteiger partial charge in [-0.05, 0) is 32.9 Å². The molecule has 1 amide bonds. The zero-order chi connectivity index (χ0) is 12.8. The second-order valence-corrected chi connectivity index (χ2v) is 4.94. The van der Waals surface area contributed by atoms with Crippen LogP contribution in [0.15, 0.2) is 0 Å². The van der Waals surface area contributed by atoms with Crippen molar-refractivity contribution in [2.45, 2.75) is 39.7 Å². The molecular weight excluding hydrogens is 216 g/mol. The third-order valence-corrected chi connectivity index (χ3v) is 3.75. The van der Waals surface area contributed by atoms with Crippen LogP contribution >= 0.6 is 0 Å². The molecule has 4 nitrogen and oxygen atoms in total. The molecule has 17 heavy (non-hydrogen) atoms. The number of likely N-dealkylation sites (N-methyl/N-ethyl adjacent to an activating group) is 1. The van der Waals surface area contributed by atoms with E-state index in [1.807, 2.05) is 11.8 Å². The van der Waals surface area contributed by atoms with Gasteiger partial charge in [-0.25, -0.2) is 0 Å². The summed E-state index contributed by atoms with van der Waals surface area (Å²) in [7, 11) is 0. The third-order valence-electron chi connectivity index (χ3n) is 3.75. The maximum Gasteiger partial charge on any atom is 0.236 e. The van der Waals surface area contributed by atoms with Gasteiger partial charge in [0, 0.05) is 19.0 Å². The molecule has 0 spiro atoms. The Labute approximate surface area is 105 Å². The molecule has 0 aromatic rings. The van der Waals surface area contributed by atoms with Crippen LogP contribution in [0.25, 0.3) is 0 Å². The van der Waals surface area contributed by atoms with Gasteiger partial charge in [-0.3, -0.25) is 9.69 Å². The molecule has 2 unspecified atom stereocenters. The number of aliphatic hydroxyl groups excluding tert-OH is 1. The fraction of sp³-hybridized carbons (Fsp3) is 0.923. The minimum absolute atomic E-state index is 0.207. The Morgan fingerprint density at radius 2 is 2.12 bits per heavy atom. The van der Waals surface area contributed by atoms with Gasteiger partial charge in [0.2, 0.25) is 5.91 Å². The standard InChI is InChI=1S/C13H26N2O2/c1-4-14(5-2)10-13(17)15-8-6-7-12(9-15)11(3)16/h11-12,16H,4-10H2,1-3H3. The lowest BCUT2D eigenvalue weighted by Crippen LogP contribution is -2.46. The van der Waals surface area contributed by atoms with Gasteiger partial charge in [0.1, 0.15) is 0 Å². The van der Waals surface area contributed by atoms with Crippen LogP contribution < -0.4 is 0 Å². The van der Waals surface area contributed by atoms with E-state index in [0.29, 0.717) is 6.54 Å². The molecule has 0 saturated carbocycles. The first-order chi connectivity index (χ1) is 8.08. The zero-order valence-corrected chi connectivity index (χ0v) is 11.4. The van der Waals surface area contributed by atoms with Gasteiger partial charge in [-0.2, -0.15) is 0 Å². The predicted molar refractivity (Wildman–Crippen MR) is 68.8 cm³/mol. The zero-order valence-electron chi connectivity index (χ0n) is 11.4. The lowest BCUT2D eigenvalue weighted by Gasteiger charge is -2.35. The van der Waals surface area contributed by atoms with Crippen LogP contribution in [0.5, 0.6) is 0 Å². The highest BCUT2D eigenvalue weighted by Crippen LogP contribution is 2.19. The second kappa shape index (κ2) is 6.97. The predicted octanol–water partition coefficient (Wildman–Crippen LogP) is 0.948. The Morgan fingerprint density at radius 1 is 1.47 bits per heavy atom. The number of aliphatic hydroxyl groups is 1. The normalized spacial score (nSPS) is 22.9. The Kier molecular flexibility index (Phi) is 5.92. The van der Waals surface area contributed by atoms with E-state index in [-0.39, 0.29) is 17.9 Å². The van der Waals surface area contributed by atoms with Crippen molar-refractivity contribution in [2.75, 3.05) is 32.7 Å². The summed E-state index contributed by atoms with van der Waals surface area (Å²) in [5.41, 5.74) is 0. The van der Waals surface area contributed by atoms with E-state index < -0.39 is 0 Å². The number of rotatable bonds is 5. The molecule has 1 N–H and O–H groups in total. The average Bonchev–Trinajstić information content (AvgIpc) is 2.35. The second-order valence-electron chi connectivity index (χ2n) is 4.94. The van der Waals surface area contributed by atoms with E-state index in [9.17, 15) is 9.90 Å². The summed E-state index contributed by atoms with van der Waals surface area (Å²) in [6.45, 7) is 9.88. The molecule has 1 fully saturated rings. The van der Waals surface area contributed by atoms with Crippen LogP contribution in [0.4, 0.5) is 0 Å². The number of hydrogen-bond donors (Lipinski definition) is 1. The monoisotopic (exact) mass is 242 g/mol. The third kappa shape index (κ3) is 4.28. The van der Waals surface area contributed by atoms with Crippen molar-refractivity contribution in [3.05, 3.63) is 0 Å². The van der Waals surface area contributed by atoms with E-state index in [1.165, 1.54) is 0 Å². The highest BCUT2D eigenvalue weighted by molar-refractivity contribution is 5.78. The molecule has 1 rings (SSSR count). The number of nitrogens with zero attached hydrogens (tertiary/aromatic N) is 2. The quantitative estimate of drug-likeness (QED) is 0.780. The summed E-state index contributed by atoms with van der Waals surface area (Å²) >= 11 is 0. The summed E-state index contributed by atoms with van der Waals surface area (Å²) in [6, 6.07) is 0. The topological polar surface area (TPSA) is 43.8 Å². The average molecular weight is 242 g/mol. The molecule has 2 atom stereocenters. The molecule has 1 saturated heterocycles. The van der Waals surface area contributed by atoms with Crippen molar-refractivity contribution in [3.63, 3.8) is 0 Å². The van der Waals surface area contributed by atoms with E-state index in [4.69, 9.17) is 0 Å². The molecule has 1 aliphatic rings. The molecule has 1 heterocycles. The summed E-state index contributed by atoms with van der Waals surface area (Å²) in [4.78, 5) is 16.1. The highest BCUT2D eigenvalue weighted by Gasteiger charge is 2.26. The minimum Gasteiger partial charge on any atom is -0.393 e. The number of amides is 1. The summed E-state index contributed by atoms with van der Waals surface area (Å²) in [6.07, 6.45) is 1.74. The minimum atomic E-state index is -0.306. The van der Waals surface area contributed by atoms with E-state index >= 15 is 0 Å². The first-order valence-corrected chi connectivity index (χ1v) is 6.76. The van der Waals surface area contributed by atoms with Crippen LogP contribution in [0.3, 0.4) is 0 Å². The van der Waals surface area contributed by atoms with Gasteiger partial charge < -0.3 is 10.0 Å². The fourth-order valence-electron chi connectivity index (χ4n) is 2.37. The van der Waals surface area contributed by atoms with Crippen molar-refractivity contribution in [3.8, 4) is 0 Å². The maximum atomic E-state index is 12.1. The number of hydrogen-bond acceptors (Lipinski definition) is 3. The largest absolute Gasteiger partial charge is 0.393 e. The van der Waals surface area contributed by atoms with Crippen LogP contribution in [0, 0.1) is 5.92 Å². The number of piperidine rings is 1. The first kappa shape index (κ1) is 14.5. The van der Waals surface area contributed by atoms with Crippen molar-refractivity contribution < 1.29 is 9.90 Å². The van der Waals surface area contributed by atoms with Crippen molar-refractivity contribution in [2.24, 2.45) is 5.92 Å². The smallest absolute Gasteiger partial charge is 0.236 e. The van der Waals surface area contributed by atoms with Crippen molar-refractivity contribution in [1.82, 2.24) is 9.80 Å². The molecule has 4 heteroatoms. The van der Waals surface area contributed by atoms with Crippen molar-refractivity contribution in [1.29, 1.82) is 0 Å². The Balaban J connectivity index is 2.46. The summed E-state index contributed by atoms with van der Waals surface area (Å²) in [5, 5.41) is 9.60. The number of likely N-dealkylation sites (tertiary alicyclic amines) is 1. The van der Waals surface area contributed by atoms with Crippen LogP contribution in [0.1, 0.15) is 33.6 Å². The van der Waals surface area contributed by atoms with Crippen LogP contribution in [-0.2, 0) is 4.79 Å². The SMILES string of the molecule is CCN(CC)CC(=O)N1CCCC(C(C)O)C1. The van der Waals surface area contributed by atoms with Gasteiger partial charge in [0.05, 0.1) is 12.6 Å². The lowest BCUT2D eigenvalue weighted by atomic mass is 9.93. The number of carbonyl (C=O) groups is 1. The molecule has 100 valence electrons. The van der Waals surface area contributed by atoms with Gasteiger partial charge in [-0.1, -0.05) is 13.8 Å². The Bertz CT molecular complexity index is 240.